The van der Waals surface area contributed by atoms with E-state index in [1.807, 2.05) is 49.0 Å². The molecule has 0 atom stereocenters. The van der Waals surface area contributed by atoms with Gasteiger partial charge >= 0.3 is 0 Å². The van der Waals surface area contributed by atoms with Gasteiger partial charge in [0.2, 0.25) is 0 Å². The number of rotatable bonds is 6. The fourth-order valence-electron chi connectivity index (χ4n) is 2.94. The maximum Gasteiger partial charge on any atom is 0.164 e. The summed E-state index contributed by atoms with van der Waals surface area (Å²) in [6.07, 6.45) is 5.07. The lowest BCUT2D eigenvalue weighted by atomic mass is 10.2. The van der Waals surface area contributed by atoms with Gasteiger partial charge in [-0.2, -0.15) is 0 Å². The van der Waals surface area contributed by atoms with Crippen LogP contribution < -0.4 is 14.8 Å². The minimum atomic E-state index is 0. The first-order chi connectivity index (χ1) is 14.0. The topological polar surface area (TPSA) is 94.3 Å². The van der Waals surface area contributed by atoms with Gasteiger partial charge in [-0.05, 0) is 24.6 Å². The zero-order valence-electron chi connectivity index (χ0n) is 16.8. The molecule has 0 saturated heterocycles. The Hall–Kier alpha value is -3.52. The van der Waals surface area contributed by atoms with Crippen LogP contribution in [0.25, 0.3) is 10.9 Å². The number of imidazole rings is 1. The van der Waals surface area contributed by atoms with Crippen LogP contribution in [0.15, 0.2) is 49.1 Å². The van der Waals surface area contributed by atoms with E-state index in [4.69, 9.17) is 9.47 Å². The Kier molecular flexibility index (Phi) is 6.27. The lowest BCUT2D eigenvalue weighted by Crippen LogP contribution is -2.04. The second kappa shape index (κ2) is 8.87. The lowest BCUT2D eigenvalue weighted by Gasteiger charge is -2.14. The van der Waals surface area contributed by atoms with Gasteiger partial charge in [0.1, 0.15) is 30.3 Å². The van der Waals surface area contributed by atoms with Crippen molar-refractivity contribution in [3.05, 3.63) is 60.4 Å². The first-order valence-electron chi connectivity index (χ1n) is 9.03. The number of fused-ring (bicyclic) bond motifs is 1. The van der Waals surface area contributed by atoms with E-state index in [0.717, 1.165) is 22.5 Å². The SMILES string of the molecule is COc1cc2c(Nc3ccc(C)c(O)c3)ncnc2cc1OCc1nccn1C.Cl. The van der Waals surface area contributed by atoms with Gasteiger partial charge < -0.3 is 24.5 Å². The fourth-order valence-corrected chi connectivity index (χ4v) is 2.94. The zero-order chi connectivity index (χ0) is 20.4. The van der Waals surface area contributed by atoms with Gasteiger partial charge in [0.15, 0.2) is 11.5 Å². The van der Waals surface area contributed by atoms with Gasteiger partial charge in [0.25, 0.3) is 0 Å². The van der Waals surface area contributed by atoms with Crippen LogP contribution in [-0.2, 0) is 13.7 Å². The van der Waals surface area contributed by atoms with Crippen molar-refractivity contribution in [1.82, 2.24) is 19.5 Å². The van der Waals surface area contributed by atoms with Crippen molar-refractivity contribution in [3.63, 3.8) is 0 Å². The lowest BCUT2D eigenvalue weighted by molar-refractivity contribution is 0.273. The van der Waals surface area contributed by atoms with Crippen LogP contribution in [0.1, 0.15) is 11.4 Å². The number of benzene rings is 2. The molecule has 0 radical (unpaired) electrons. The molecule has 0 aliphatic carbocycles. The van der Waals surface area contributed by atoms with Crippen LogP contribution in [0.5, 0.6) is 17.2 Å². The third-order valence-electron chi connectivity index (χ3n) is 4.67. The Bertz CT molecular complexity index is 1180. The maximum atomic E-state index is 9.95. The van der Waals surface area contributed by atoms with Crippen LogP contribution in [0.4, 0.5) is 11.5 Å². The first kappa shape index (κ1) is 21.2. The maximum absolute atomic E-state index is 9.95. The average molecular weight is 428 g/mol. The van der Waals surface area contributed by atoms with E-state index in [9.17, 15) is 5.11 Å². The molecule has 0 amide bonds. The molecule has 0 aliphatic rings. The average Bonchev–Trinajstić information content (AvgIpc) is 3.13. The van der Waals surface area contributed by atoms with Gasteiger partial charge in [0, 0.05) is 42.6 Å². The van der Waals surface area contributed by atoms with E-state index in [0.29, 0.717) is 29.4 Å². The quantitative estimate of drug-likeness (QED) is 0.477. The molecule has 0 aliphatic heterocycles. The largest absolute Gasteiger partial charge is 0.508 e. The standard InChI is InChI=1S/C21H21N5O3.ClH/c1-13-4-5-14(8-17(13)27)25-21-15-9-18(28-3)19(10-16(15)23-12-24-21)29-11-20-22-6-7-26(20)2;/h4-10,12,27H,11H2,1-3H3,(H,23,24,25);1H. The van der Waals surface area contributed by atoms with E-state index >= 15 is 0 Å². The molecule has 0 spiro atoms. The van der Waals surface area contributed by atoms with E-state index in [1.54, 1.807) is 19.4 Å². The van der Waals surface area contributed by atoms with E-state index in [1.165, 1.54) is 6.33 Å². The third kappa shape index (κ3) is 4.23. The van der Waals surface area contributed by atoms with E-state index in [2.05, 4.69) is 20.3 Å². The number of ether oxygens (including phenoxy) is 2. The molecule has 9 heteroatoms. The summed E-state index contributed by atoms with van der Waals surface area (Å²) in [5.41, 5.74) is 2.23. The number of halogens is 1. The van der Waals surface area contributed by atoms with Crippen molar-refractivity contribution in [2.75, 3.05) is 12.4 Å². The van der Waals surface area contributed by atoms with Gasteiger partial charge in [0.05, 0.1) is 12.6 Å². The van der Waals surface area contributed by atoms with Gasteiger partial charge in [-0.25, -0.2) is 15.0 Å². The molecular formula is C21H22ClN5O3. The summed E-state index contributed by atoms with van der Waals surface area (Å²) in [4.78, 5) is 13.0. The monoisotopic (exact) mass is 427 g/mol. The highest BCUT2D eigenvalue weighted by molar-refractivity contribution is 5.93. The summed E-state index contributed by atoms with van der Waals surface area (Å²) < 4.78 is 13.3. The molecule has 2 N–H and O–H groups in total. The Labute approximate surface area is 179 Å². The Morgan fingerprint density at radius 3 is 2.63 bits per heavy atom. The van der Waals surface area contributed by atoms with Gasteiger partial charge in [-0.1, -0.05) is 6.07 Å². The predicted octanol–water partition coefficient (Wildman–Crippen LogP) is 4.13. The Morgan fingerprint density at radius 2 is 1.93 bits per heavy atom. The summed E-state index contributed by atoms with van der Waals surface area (Å²) in [5, 5.41) is 13.9. The summed E-state index contributed by atoms with van der Waals surface area (Å²) >= 11 is 0. The highest BCUT2D eigenvalue weighted by Gasteiger charge is 2.13. The van der Waals surface area contributed by atoms with Crippen molar-refractivity contribution in [2.45, 2.75) is 13.5 Å². The summed E-state index contributed by atoms with van der Waals surface area (Å²) in [5.74, 6) is 2.76. The molecule has 4 aromatic rings. The molecule has 0 fully saturated rings. The van der Waals surface area contributed by atoms with Gasteiger partial charge in [-0.3, -0.25) is 0 Å². The number of hydrogen-bond acceptors (Lipinski definition) is 7. The number of phenols is 1. The molecular weight excluding hydrogens is 406 g/mol. The molecule has 8 nitrogen and oxygen atoms in total. The predicted molar refractivity (Wildman–Crippen MR) is 117 cm³/mol. The number of nitrogens with one attached hydrogen (secondary N) is 1. The highest BCUT2D eigenvalue weighted by atomic mass is 35.5. The van der Waals surface area contributed by atoms with Crippen LogP contribution in [0.2, 0.25) is 0 Å². The fraction of sp³-hybridized carbons (Fsp3) is 0.190. The van der Waals surface area contributed by atoms with Gasteiger partial charge in [-0.15, -0.1) is 12.4 Å². The molecule has 0 bridgehead atoms. The highest BCUT2D eigenvalue weighted by Crippen LogP contribution is 2.35. The van der Waals surface area contributed by atoms with Crippen molar-refractivity contribution >= 4 is 34.8 Å². The minimum absolute atomic E-state index is 0. The normalized spacial score (nSPS) is 10.5. The number of phenolic OH excluding ortho intramolecular Hbond substituents is 1. The third-order valence-corrected chi connectivity index (χ3v) is 4.67. The number of methoxy groups -OCH3 is 1. The second-order valence-corrected chi connectivity index (χ2v) is 6.61. The molecule has 2 aromatic heterocycles. The molecule has 2 aromatic carbocycles. The summed E-state index contributed by atoms with van der Waals surface area (Å²) in [6, 6.07) is 9.02. The van der Waals surface area contributed by atoms with Crippen molar-refractivity contribution in [2.24, 2.45) is 7.05 Å². The number of anilines is 2. The molecule has 0 saturated carbocycles. The number of aromatic hydroxyl groups is 1. The zero-order valence-corrected chi connectivity index (χ0v) is 17.6. The van der Waals surface area contributed by atoms with E-state index in [-0.39, 0.29) is 18.2 Å². The number of nitrogens with zero attached hydrogens (tertiary/aromatic N) is 4. The van der Waals surface area contributed by atoms with Crippen molar-refractivity contribution in [1.29, 1.82) is 0 Å². The van der Waals surface area contributed by atoms with Crippen LogP contribution in [0, 0.1) is 6.92 Å². The first-order valence-corrected chi connectivity index (χ1v) is 9.03. The van der Waals surface area contributed by atoms with Crippen molar-refractivity contribution in [3.8, 4) is 17.2 Å². The summed E-state index contributed by atoms with van der Waals surface area (Å²) in [6.45, 7) is 2.15. The second-order valence-electron chi connectivity index (χ2n) is 6.61. The van der Waals surface area contributed by atoms with Crippen molar-refractivity contribution < 1.29 is 14.6 Å². The molecule has 0 unspecified atom stereocenters. The van der Waals surface area contributed by atoms with E-state index < -0.39 is 0 Å². The molecule has 4 rings (SSSR count). The molecule has 156 valence electrons. The number of aryl methyl sites for hydroxylation is 2. The minimum Gasteiger partial charge on any atom is -0.508 e. The molecule has 30 heavy (non-hydrogen) atoms. The van der Waals surface area contributed by atoms with Crippen LogP contribution in [-0.4, -0.2) is 31.7 Å². The molecule has 2 heterocycles. The Balaban J connectivity index is 0.00000256. The van der Waals surface area contributed by atoms with Crippen LogP contribution >= 0.6 is 12.4 Å². The Morgan fingerprint density at radius 1 is 1.10 bits per heavy atom. The smallest absolute Gasteiger partial charge is 0.164 e. The number of hydrogen-bond donors (Lipinski definition) is 2. The van der Waals surface area contributed by atoms with Crippen LogP contribution in [0.3, 0.4) is 0 Å². The summed E-state index contributed by atoms with van der Waals surface area (Å²) in [7, 11) is 3.50. The number of aromatic nitrogens is 4.